The summed E-state index contributed by atoms with van der Waals surface area (Å²) in [6, 6.07) is 25.4. The number of hydrogen-bond acceptors (Lipinski definition) is 17. The molecule has 9 aromatic heterocycles. The van der Waals surface area contributed by atoms with Crippen LogP contribution in [-0.4, -0.2) is 176 Å². The lowest BCUT2D eigenvalue weighted by atomic mass is 9.82. The van der Waals surface area contributed by atoms with Crippen LogP contribution in [0.15, 0.2) is 164 Å². The van der Waals surface area contributed by atoms with Gasteiger partial charge in [-0.15, -0.1) is 0 Å². The first-order valence-electron chi connectivity index (χ1n) is 37.0. The average Bonchev–Trinajstić information content (AvgIpc) is 1.76. The summed E-state index contributed by atoms with van der Waals surface area (Å²) in [4.78, 5) is 45.4. The number of aromatic nitrogens is 12. The van der Waals surface area contributed by atoms with Crippen LogP contribution in [0.3, 0.4) is 0 Å². The molecule has 2 aromatic carbocycles. The van der Waals surface area contributed by atoms with Gasteiger partial charge >= 0.3 is 20.3 Å². The van der Waals surface area contributed by atoms with Gasteiger partial charge in [0.1, 0.15) is 17.2 Å². The number of halogens is 5. The number of hydrogen-bond donors (Lipinski definition) is 0. The van der Waals surface area contributed by atoms with E-state index in [4.69, 9.17) is 46.6 Å². The molecule has 5 fully saturated rings. The molecular formula is C81H92B2BrCl2F2N15O6. The number of benzene rings is 2. The molecule has 0 saturated carbocycles. The fraction of sp³-hybridized carbons (Fsp3) is 0.407. The summed E-state index contributed by atoms with van der Waals surface area (Å²) >= 11 is 15.6. The molecule has 0 N–H and O–H groups in total. The van der Waals surface area contributed by atoms with Crippen LogP contribution in [0, 0.1) is 11.6 Å². The molecule has 16 rings (SSSR count). The Kier molecular flexibility index (Phi) is 23.4. The molecule has 28 heteroatoms. The summed E-state index contributed by atoms with van der Waals surface area (Å²) in [6.07, 6.45) is 28.2. The predicted octanol–water partition coefficient (Wildman–Crippen LogP) is 16.4. The maximum Gasteiger partial charge on any atom is 0.498 e. The molecule has 0 aliphatic carbocycles. The third kappa shape index (κ3) is 18.3. The van der Waals surface area contributed by atoms with Crippen molar-refractivity contribution in [1.82, 2.24) is 73.9 Å². The molecule has 0 spiro atoms. The van der Waals surface area contributed by atoms with Crippen molar-refractivity contribution in [3.05, 3.63) is 185 Å². The van der Waals surface area contributed by atoms with Crippen LogP contribution in [-0.2, 0) is 23.4 Å². The Morgan fingerprint density at radius 2 is 0.908 bits per heavy atom. The van der Waals surface area contributed by atoms with Gasteiger partial charge in [-0.2, -0.15) is 15.3 Å². The maximum absolute atomic E-state index is 14.7. The fourth-order valence-corrected chi connectivity index (χ4v) is 14.4. The Hall–Kier alpha value is -8.43. The van der Waals surface area contributed by atoms with Crippen LogP contribution < -0.4 is 10.9 Å². The first kappa shape index (κ1) is 78.7. The lowest BCUT2D eigenvalue weighted by Crippen LogP contribution is -2.42. The van der Waals surface area contributed by atoms with E-state index in [2.05, 4.69) is 141 Å². The fourth-order valence-electron chi connectivity index (χ4n) is 13.7. The highest BCUT2D eigenvalue weighted by Crippen LogP contribution is 2.41. The Morgan fingerprint density at radius 3 is 1.35 bits per heavy atom. The number of carbonyl (C=O) groups is 1. The summed E-state index contributed by atoms with van der Waals surface area (Å²) < 4.78 is 65.9. The zero-order valence-corrected chi connectivity index (χ0v) is 67.0. The van der Waals surface area contributed by atoms with E-state index in [0.29, 0.717) is 69.0 Å². The minimum atomic E-state index is -0.465. The molecule has 14 heterocycles. The van der Waals surface area contributed by atoms with Crippen molar-refractivity contribution in [3.63, 3.8) is 0 Å². The van der Waals surface area contributed by atoms with Gasteiger partial charge in [-0.3, -0.25) is 24.0 Å². The Balaban J connectivity index is 0.000000131. The number of carbonyl (C=O) groups excluding carboxylic acids is 1. The number of likely N-dealkylation sites (tertiary alicyclic amines) is 3. The van der Waals surface area contributed by atoms with Crippen molar-refractivity contribution in [3.8, 4) is 55.9 Å². The van der Waals surface area contributed by atoms with Gasteiger partial charge in [-0.1, -0.05) is 23.2 Å². The molecule has 0 unspecified atom stereocenters. The first-order chi connectivity index (χ1) is 51.8. The number of piperidine rings is 3. The molecule has 568 valence electrons. The lowest BCUT2D eigenvalue weighted by Gasteiger charge is -2.33. The van der Waals surface area contributed by atoms with Crippen LogP contribution in [0.25, 0.3) is 78.0 Å². The molecular weight excluding hydrogens is 1490 g/mol. The average molecular weight is 1580 g/mol. The number of ether oxygens (including phenoxy) is 1. The third-order valence-electron chi connectivity index (χ3n) is 21.5. The van der Waals surface area contributed by atoms with E-state index in [0.717, 1.165) is 124 Å². The van der Waals surface area contributed by atoms with Gasteiger partial charge in [-0.05, 0) is 267 Å². The molecule has 1 amide bonds. The SMILES string of the molecule is CC(C)(C)OC(=O)N1CCC(n2cc(B3OC(C)(C)C(C)(C)O3)cn2)CC1.CN1CCC(n2cc(-c3cncc(-c4cc(-c5cc(Cl)ccc5F)nc5ncccc45)c3)cn2)CC1.CN1CCC(n2cc(B3OC(C)(C)C(C)(C)O3)cn2)CC1.Fc1ccc(Cl)cc1-c1cc(-c2cncc(Br)c2)c2cccnc2n1. The van der Waals surface area contributed by atoms with Crippen LogP contribution in [0.4, 0.5) is 13.6 Å². The van der Waals surface area contributed by atoms with E-state index >= 15 is 0 Å². The number of fused-ring (bicyclic) bond motifs is 2. The zero-order chi connectivity index (χ0) is 77.3. The largest absolute Gasteiger partial charge is 0.498 e. The minimum absolute atomic E-state index is 0.237. The summed E-state index contributed by atoms with van der Waals surface area (Å²) in [5.41, 5.74) is 8.36. The monoisotopic (exact) mass is 1580 g/mol. The quantitative estimate of drug-likeness (QED) is 0.117. The van der Waals surface area contributed by atoms with E-state index in [1.807, 2.05) is 133 Å². The maximum atomic E-state index is 14.7. The summed E-state index contributed by atoms with van der Waals surface area (Å²) in [5.74, 6) is -0.771. The number of amides is 1. The van der Waals surface area contributed by atoms with Crippen molar-refractivity contribution in [2.75, 3.05) is 53.4 Å². The molecule has 5 aliphatic heterocycles. The van der Waals surface area contributed by atoms with Crippen LogP contribution >= 0.6 is 39.1 Å². The second-order valence-electron chi connectivity index (χ2n) is 31.6. The summed E-state index contributed by atoms with van der Waals surface area (Å²) in [5, 5.41) is 16.4. The molecule has 21 nitrogen and oxygen atoms in total. The normalized spacial score (nSPS) is 18.2. The van der Waals surface area contributed by atoms with E-state index in [-0.39, 0.29) is 53.3 Å². The number of rotatable bonds is 10. The molecule has 5 saturated heterocycles. The van der Waals surface area contributed by atoms with Crippen molar-refractivity contribution in [1.29, 1.82) is 0 Å². The van der Waals surface area contributed by atoms with E-state index in [1.165, 1.54) is 24.3 Å². The van der Waals surface area contributed by atoms with Crippen molar-refractivity contribution >= 4 is 92.5 Å². The summed E-state index contributed by atoms with van der Waals surface area (Å²) in [6.45, 7) is 27.9. The first-order valence-corrected chi connectivity index (χ1v) is 38.6. The van der Waals surface area contributed by atoms with E-state index in [9.17, 15) is 13.6 Å². The van der Waals surface area contributed by atoms with Crippen molar-refractivity contribution in [2.45, 2.75) is 161 Å². The highest BCUT2D eigenvalue weighted by molar-refractivity contribution is 9.10. The van der Waals surface area contributed by atoms with Gasteiger partial charge in [0, 0.05) is 151 Å². The second kappa shape index (κ2) is 32.5. The van der Waals surface area contributed by atoms with E-state index < -0.39 is 12.7 Å². The predicted molar refractivity (Wildman–Crippen MR) is 429 cm³/mol. The zero-order valence-electron chi connectivity index (χ0n) is 63.9. The molecule has 0 radical (unpaired) electrons. The third-order valence-corrected chi connectivity index (χ3v) is 22.4. The second-order valence-corrected chi connectivity index (χ2v) is 33.4. The van der Waals surface area contributed by atoms with Gasteiger partial charge < -0.3 is 38.1 Å². The topological polar surface area (TPSA) is 204 Å². The standard InChI is InChI=1S/C28H24ClFN6.C19H32BN3O4.C19H10BrClFN3.C15H26BN3O2/c1-35-9-6-22(7-10-35)36-17-20(16-33-36)18-11-19(15-31-14-18)24-13-27(25-12-21(29)4-5-26(25)30)34-28-23(24)3-2-8-32-28;1-17(2,3)25-16(24)22-10-8-15(9-11-22)23-13-14(12-21-23)20-26-18(4,5)19(6,7)27-20;20-12-6-11(9-23-10-12)15-8-18(16-7-13(21)3-4-17(16)22)25-19-14(15)2-1-5-24-19;1-14(2)15(3,4)21-16(20-14)12-10-17-19(11-12)13-6-8-18(5)9-7-13/h2-5,8,11-17,22H,6-7,9-10H2,1H3;12-13,15H,8-11H2,1-7H3;1-10H;10-11,13H,6-9H2,1-5H3. The van der Waals surface area contributed by atoms with Crippen molar-refractivity contribution < 1.29 is 36.9 Å². The Morgan fingerprint density at radius 1 is 0.505 bits per heavy atom. The Bertz CT molecular complexity index is 5020. The van der Waals surface area contributed by atoms with Gasteiger partial charge in [0.15, 0.2) is 11.3 Å². The van der Waals surface area contributed by atoms with Crippen molar-refractivity contribution in [2.24, 2.45) is 0 Å². The Labute approximate surface area is 654 Å². The lowest BCUT2D eigenvalue weighted by molar-refractivity contribution is 0.00578. The number of pyridine rings is 6. The highest BCUT2D eigenvalue weighted by Gasteiger charge is 2.53. The van der Waals surface area contributed by atoms with Gasteiger partial charge in [0.05, 0.1) is 58.1 Å². The van der Waals surface area contributed by atoms with Crippen LogP contribution in [0.5, 0.6) is 0 Å². The molecule has 109 heavy (non-hydrogen) atoms. The highest BCUT2D eigenvalue weighted by atomic mass is 79.9. The molecule has 0 bridgehead atoms. The number of nitrogens with zero attached hydrogens (tertiary/aromatic N) is 15. The minimum Gasteiger partial charge on any atom is -0.444 e. The van der Waals surface area contributed by atoms with Crippen LogP contribution in [0.1, 0.15) is 133 Å². The molecule has 11 aromatic rings. The van der Waals surface area contributed by atoms with Gasteiger partial charge in [0.2, 0.25) is 0 Å². The van der Waals surface area contributed by atoms with Gasteiger partial charge in [-0.25, -0.2) is 33.5 Å². The molecule has 0 atom stereocenters. The van der Waals surface area contributed by atoms with Gasteiger partial charge in [0.25, 0.3) is 0 Å². The smallest absolute Gasteiger partial charge is 0.444 e. The van der Waals surface area contributed by atoms with Crippen LogP contribution in [0.2, 0.25) is 10.0 Å². The van der Waals surface area contributed by atoms with E-state index in [1.54, 1.807) is 41.8 Å². The molecule has 5 aliphatic rings. The summed E-state index contributed by atoms with van der Waals surface area (Å²) in [7, 11) is 3.63.